The fraction of sp³-hybridized carbons (Fsp3) is 1.00. The highest BCUT2D eigenvalue weighted by molar-refractivity contribution is 7.92. The molecule has 0 radical (unpaired) electrons. The molecule has 1 atom stereocenters. The van der Waals surface area contributed by atoms with Crippen LogP contribution in [0, 0.1) is 0 Å². The second-order valence-corrected chi connectivity index (χ2v) is 6.63. The van der Waals surface area contributed by atoms with Crippen LogP contribution in [0.4, 0.5) is 0 Å². The van der Waals surface area contributed by atoms with Crippen molar-refractivity contribution >= 4 is 9.84 Å². The van der Waals surface area contributed by atoms with Gasteiger partial charge in [-0.25, -0.2) is 8.42 Å². The maximum absolute atomic E-state index is 11.6. The average Bonchev–Trinajstić information content (AvgIpc) is 2.05. The van der Waals surface area contributed by atoms with Crippen molar-refractivity contribution < 1.29 is 8.42 Å². The van der Waals surface area contributed by atoms with Gasteiger partial charge in [0.2, 0.25) is 0 Å². The Morgan fingerprint density at radius 1 is 1.38 bits per heavy atom. The summed E-state index contributed by atoms with van der Waals surface area (Å²) in [5.74, 6) is 0.310. The molecule has 1 rings (SSSR count). The van der Waals surface area contributed by atoms with Gasteiger partial charge in [0.1, 0.15) is 0 Å². The van der Waals surface area contributed by atoms with Crippen LogP contribution < -0.4 is 5.32 Å². The molecule has 78 valence electrons. The minimum atomic E-state index is -2.86. The first-order chi connectivity index (χ1) is 6.02. The summed E-state index contributed by atoms with van der Waals surface area (Å²) in [7, 11) is -2.86. The van der Waals surface area contributed by atoms with Crippen LogP contribution in [0.3, 0.4) is 0 Å². The third-order valence-electron chi connectivity index (χ3n) is 2.56. The van der Waals surface area contributed by atoms with E-state index in [0.717, 1.165) is 19.4 Å². The molecule has 0 aromatic heterocycles. The van der Waals surface area contributed by atoms with Crippen LogP contribution in [0.5, 0.6) is 0 Å². The Labute approximate surface area is 80.8 Å². The zero-order valence-corrected chi connectivity index (χ0v) is 9.23. The molecule has 0 aromatic carbocycles. The van der Waals surface area contributed by atoms with E-state index in [2.05, 4.69) is 5.32 Å². The van der Waals surface area contributed by atoms with E-state index < -0.39 is 9.84 Å². The van der Waals surface area contributed by atoms with Gasteiger partial charge in [0, 0.05) is 6.04 Å². The number of hydrogen-bond acceptors (Lipinski definition) is 3. The van der Waals surface area contributed by atoms with Crippen molar-refractivity contribution in [3.8, 4) is 0 Å². The van der Waals surface area contributed by atoms with Gasteiger partial charge in [-0.3, -0.25) is 0 Å². The van der Waals surface area contributed by atoms with Gasteiger partial charge < -0.3 is 5.32 Å². The molecule has 4 heteroatoms. The first-order valence-electron chi connectivity index (χ1n) is 4.97. The molecule has 1 N–H and O–H groups in total. The van der Waals surface area contributed by atoms with Gasteiger partial charge in [-0.2, -0.15) is 0 Å². The predicted molar refractivity (Wildman–Crippen MR) is 54.6 cm³/mol. The second-order valence-electron chi connectivity index (χ2n) is 4.03. The van der Waals surface area contributed by atoms with Crippen molar-refractivity contribution in [2.24, 2.45) is 0 Å². The van der Waals surface area contributed by atoms with Crippen LogP contribution >= 0.6 is 0 Å². The molecule has 0 bridgehead atoms. The third kappa shape index (κ3) is 3.27. The summed E-state index contributed by atoms with van der Waals surface area (Å²) < 4.78 is 23.1. The van der Waals surface area contributed by atoms with Gasteiger partial charge in [0.15, 0.2) is 9.84 Å². The van der Waals surface area contributed by atoms with E-state index in [0.29, 0.717) is 5.75 Å². The minimum Gasteiger partial charge on any atom is -0.313 e. The van der Waals surface area contributed by atoms with Crippen LogP contribution in [0.15, 0.2) is 0 Å². The zero-order valence-electron chi connectivity index (χ0n) is 8.41. The fourth-order valence-corrected chi connectivity index (χ4v) is 2.77. The molecule has 0 aliphatic carbocycles. The first kappa shape index (κ1) is 11.0. The van der Waals surface area contributed by atoms with E-state index in [9.17, 15) is 8.42 Å². The lowest BCUT2D eigenvalue weighted by Crippen LogP contribution is -2.40. The number of rotatable bonds is 3. The van der Waals surface area contributed by atoms with Gasteiger partial charge in [-0.15, -0.1) is 0 Å². The lowest BCUT2D eigenvalue weighted by molar-refractivity contribution is 0.423. The van der Waals surface area contributed by atoms with Gasteiger partial charge in [-0.05, 0) is 33.2 Å². The molecule has 0 aromatic rings. The van der Waals surface area contributed by atoms with Crippen molar-refractivity contribution in [1.82, 2.24) is 5.32 Å². The van der Waals surface area contributed by atoms with Crippen LogP contribution in [0.1, 0.15) is 33.1 Å². The summed E-state index contributed by atoms with van der Waals surface area (Å²) >= 11 is 0. The maximum atomic E-state index is 11.6. The van der Waals surface area contributed by atoms with E-state index in [4.69, 9.17) is 0 Å². The molecule has 0 amide bonds. The molecule has 0 spiro atoms. The van der Waals surface area contributed by atoms with E-state index in [-0.39, 0.29) is 11.3 Å². The Hall–Kier alpha value is -0.0900. The summed E-state index contributed by atoms with van der Waals surface area (Å²) in [6.45, 7) is 4.47. The predicted octanol–water partition coefficient (Wildman–Crippen LogP) is 0.952. The quantitative estimate of drug-likeness (QED) is 0.746. The third-order valence-corrected chi connectivity index (χ3v) is 4.87. The summed E-state index contributed by atoms with van der Waals surface area (Å²) in [5, 5.41) is 3.01. The molecule has 0 saturated carbocycles. The Bertz CT molecular complexity index is 240. The van der Waals surface area contributed by atoms with Crippen molar-refractivity contribution in [2.45, 2.75) is 44.4 Å². The van der Waals surface area contributed by atoms with Crippen molar-refractivity contribution in [3.05, 3.63) is 0 Å². The number of piperidine rings is 1. The van der Waals surface area contributed by atoms with Crippen LogP contribution in [0.25, 0.3) is 0 Å². The molecule has 1 saturated heterocycles. The molecule has 0 unspecified atom stereocenters. The van der Waals surface area contributed by atoms with Crippen molar-refractivity contribution in [1.29, 1.82) is 0 Å². The zero-order chi connectivity index (χ0) is 9.90. The van der Waals surface area contributed by atoms with E-state index in [1.807, 2.05) is 0 Å². The highest BCUT2D eigenvalue weighted by atomic mass is 32.2. The summed E-state index contributed by atoms with van der Waals surface area (Å²) in [6.07, 6.45) is 3.34. The smallest absolute Gasteiger partial charge is 0.154 e. The van der Waals surface area contributed by atoms with Crippen molar-refractivity contribution in [3.63, 3.8) is 0 Å². The highest BCUT2D eigenvalue weighted by Crippen LogP contribution is 2.11. The van der Waals surface area contributed by atoms with Gasteiger partial charge in [-0.1, -0.05) is 6.42 Å². The van der Waals surface area contributed by atoms with E-state index in [1.54, 1.807) is 13.8 Å². The van der Waals surface area contributed by atoms with E-state index >= 15 is 0 Å². The Morgan fingerprint density at radius 3 is 2.54 bits per heavy atom. The average molecular weight is 205 g/mol. The van der Waals surface area contributed by atoms with E-state index in [1.165, 1.54) is 6.42 Å². The number of sulfone groups is 1. The SMILES string of the molecule is CC(C)S(=O)(=O)C[C@@H]1CCCCN1. The lowest BCUT2D eigenvalue weighted by atomic mass is 10.1. The minimum absolute atomic E-state index is 0.196. The Kier molecular flexibility index (Phi) is 3.74. The number of hydrogen-bond donors (Lipinski definition) is 1. The van der Waals surface area contributed by atoms with Crippen LogP contribution in [-0.4, -0.2) is 32.0 Å². The second kappa shape index (κ2) is 4.42. The fourth-order valence-electron chi connectivity index (χ4n) is 1.54. The highest BCUT2D eigenvalue weighted by Gasteiger charge is 2.23. The van der Waals surface area contributed by atoms with Crippen molar-refractivity contribution in [2.75, 3.05) is 12.3 Å². The molecule has 13 heavy (non-hydrogen) atoms. The first-order valence-corrected chi connectivity index (χ1v) is 6.69. The maximum Gasteiger partial charge on any atom is 0.154 e. The molecule has 1 fully saturated rings. The topological polar surface area (TPSA) is 46.2 Å². The summed E-state index contributed by atoms with van der Waals surface area (Å²) in [4.78, 5) is 0. The normalized spacial score (nSPS) is 25.0. The summed E-state index contributed by atoms with van der Waals surface area (Å²) in [5.41, 5.74) is 0. The molecule has 1 aliphatic heterocycles. The van der Waals surface area contributed by atoms with Crippen LogP contribution in [0.2, 0.25) is 0 Å². The van der Waals surface area contributed by atoms with Gasteiger partial charge in [0.05, 0.1) is 11.0 Å². The van der Waals surface area contributed by atoms with Crippen LogP contribution in [-0.2, 0) is 9.84 Å². The Morgan fingerprint density at radius 2 is 2.08 bits per heavy atom. The molecular formula is C9H19NO2S. The van der Waals surface area contributed by atoms with Gasteiger partial charge >= 0.3 is 0 Å². The molecule has 3 nitrogen and oxygen atoms in total. The Balaban J connectivity index is 2.47. The largest absolute Gasteiger partial charge is 0.313 e. The molecule has 1 aliphatic rings. The lowest BCUT2D eigenvalue weighted by Gasteiger charge is -2.23. The summed E-state index contributed by atoms with van der Waals surface area (Å²) in [6, 6.07) is 0.196. The molecule has 1 heterocycles. The monoisotopic (exact) mass is 205 g/mol. The van der Waals surface area contributed by atoms with Gasteiger partial charge in [0.25, 0.3) is 0 Å². The number of nitrogens with one attached hydrogen (secondary N) is 1. The standard InChI is InChI=1S/C9H19NO2S/c1-8(2)13(11,12)7-9-5-3-4-6-10-9/h8-10H,3-7H2,1-2H3/t9-/m0/s1. The molecular weight excluding hydrogens is 186 g/mol.